The molecule has 71 heavy (non-hydrogen) atoms. The molecule has 0 aromatic carbocycles. The van der Waals surface area contributed by atoms with Crippen LogP contribution in [-0.2, 0) is 71.6 Å². The zero-order valence-electron chi connectivity index (χ0n) is 42.4. The maximum absolute atomic E-state index is 13.2. The first-order valence-corrected chi connectivity index (χ1v) is 24.2. The first-order valence-electron chi connectivity index (χ1n) is 24.2. The minimum absolute atomic E-state index is 0.0292. The van der Waals surface area contributed by atoms with Crippen molar-refractivity contribution in [1.29, 1.82) is 0 Å². The predicted octanol–water partition coefficient (Wildman–Crippen LogP) is -2.78. The molecular formula is C45H84N10O16. The molecule has 0 fully saturated rings. The summed E-state index contributed by atoms with van der Waals surface area (Å²) in [6.45, 7) is 12.8. The molecule has 4 unspecified atom stereocenters. The lowest BCUT2D eigenvalue weighted by Crippen LogP contribution is -2.58. The number of carboxylic acids is 1. The Morgan fingerprint density at radius 1 is 0.521 bits per heavy atom. The summed E-state index contributed by atoms with van der Waals surface area (Å²) < 4.78 is 32.6. The van der Waals surface area contributed by atoms with Crippen molar-refractivity contribution in [2.45, 2.75) is 117 Å². The molecule has 0 bridgehead atoms. The fourth-order valence-corrected chi connectivity index (χ4v) is 5.85. The molecule has 0 aliphatic rings. The SMILES string of the molecule is CC.CC(=O)NC(CCCCN)C(=O)NCCOCCOCCOCCC(=O)NCCOCCOCCOCCC(=O)NC(CCC(=O)O)C(=O)NC(C(=O)NC(CCCNC(N)=C=O)C(N)=O)C(C)C. The number of primary amides is 1. The van der Waals surface area contributed by atoms with Gasteiger partial charge in [0.15, 0.2) is 11.8 Å². The number of aliphatic carboxylic acids is 1. The third-order valence-electron chi connectivity index (χ3n) is 9.49. The van der Waals surface area contributed by atoms with E-state index in [9.17, 15) is 48.3 Å². The highest BCUT2D eigenvalue weighted by atomic mass is 16.5. The molecule has 0 saturated heterocycles. The largest absolute Gasteiger partial charge is 0.481 e. The molecule has 0 heterocycles. The van der Waals surface area contributed by atoms with Crippen molar-refractivity contribution in [3.8, 4) is 0 Å². The highest BCUT2D eigenvalue weighted by molar-refractivity contribution is 5.94. The topological polar surface area (TPSA) is 392 Å². The van der Waals surface area contributed by atoms with Crippen LogP contribution in [0.3, 0.4) is 0 Å². The van der Waals surface area contributed by atoms with E-state index >= 15 is 0 Å². The van der Waals surface area contributed by atoms with E-state index in [0.29, 0.717) is 58.9 Å². The van der Waals surface area contributed by atoms with Crippen LogP contribution < -0.4 is 54.4 Å². The van der Waals surface area contributed by atoms with Gasteiger partial charge in [0.25, 0.3) is 0 Å². The fraction of sp³-hybridized carbons (Fsp3) is 0.778. The van der Waals surface area contributed by atoms with Crippen LogP contribution in [0.2, 0.25) is 0 Å². The van der Waals surface area contributed by atoms with Crippen molar-refractivity contribution in [1.82, 2.24) is 37.2 Å². The van der Waals surface area contributed by atoms with E-state index < -0.39 is 66.1 Å². The maximum Gasteiger partial charge on any atom is 0.303 e. The van der Waals surface area contributed by atoms with Crippen molar-refractivity contribution in [2.24, 2.45) is 23.1 Å². The van der Waals surface area contributed by atoms with Gasteiger partial charge in [-0.25, -0.2) is 4.79 Å². The van der Waals surface area contributed by atoms with E-state index in [1.165, 1.54) is 12.9 Å². The number of hydrogen-bond acceptors (Lipinski definition) is 18. The molecule has 26 heteroatoms. The summed E-state index contributed by atoms with van der Waals surface area (Å²) in [5.74, 6) is -4.13. The summed E-state index contributed by atoms with van der Waals surface area (Å²) >= 11 is 0. The van der Waals surface area contributed by atoms with Gasteiger partial charge in [0, 0.05) is 45.8 Å². The zero-order valence-corrected chi connectivity index (χ0v) is 42.4. The third-order valence-corrected chi connectivity index (χ3v) is 9.49. The molecule has 0 aromatic rings. The van der Waals surface area contributed by atoms with Crippen molar-refractivity contribution < 1.29 is 76.7 Å². The van der Waals surface area contributed by atoms with Crippen molar-refractivity contribution in [3.05, 3.63) is 5.82 Å². The fourth-order valence-electron chi connectivity index (χ4n) is 5.85. The average Bonchev–Trinajstić information content (AvgIpc) is 3.33. The Hall–Kier alpha value is -5.47. The maximum atomic E-state index is 13.2. The summed E-state index contributed by atoms with van der Waals surface area (Å²) in [6, 6.07) is -4.18. The zero-order chi connectivity index (χ0) is 53.7. The van der Waals surface area contributed by atoms with E-state index in [2.05, 4.69) is 37.2 Å². The highest BCUT2D eigenvalue weighted by Crippen LogP contribution is 2.08. The van der Waals surface area contributed by atoms with Crippen molar-refractivity contribution in [3.63, 3.8) is 0 Å². The first kappa shape index (κ1) is 67.6. The van der Waals surface area contributed by atoms with E-state index in [1.54, 1.807) is 13.8 Å². The summed E-state index contributed by atoms with van der Waals surface area (Å²) in [6.07, 6.45) is 1.69. The van der Waals surface area contributed by atoms with Crippen LogP contribution in [-0.4, -0.2) is 188 Å². The Bertz CT molecular complexity index is 1570. The highest BCUT2D eigenvalue weighted by Gasteiger charge is 2.31. The number of unbranched alkanes of at least 4 members (excludes halogenated alkanes) is 1. The van der Waals surface area contributed by atoms with Crippen LogP contribution in [0.1, 0.15) is 92.4 Å². The molecule has 7 amide bonds. The minimum Gasteiger partial charge on any atom is -0.481 e. The second-order valence-electron chi connectivity index (χ2n) is 15.7. The Kier molecular flexibility index (Phi) is 43.5. The second kappa shape index (κ2) is 45.7. The Balaban J connectivity index is 0. The molecule has 0 aliphatic carbocycles. The van der Waals surface area contributed by atoms with Crippen LogP contribution in [0.15, 0.2) is 5.82 Å². The smallest absolute Gasteiger partial charge is 0.303 e. The average molecular weight is 1020 g/mol. The van der Waals surface area contributed by atoms with E-state index in [0.717, 1.165) is 12.8 Å². The third kappa shape index (κ3) is 39.9. The van der Waals surface area contributed by atoms with E-state index in [1.807, 2.05) is 13.8 Å². The van der Waals surface area contributed by atoms with Gasteiger partial charge in [-0.1, -0.05) is 27.7 Å². The Morgan fingerprint density at radius 3 is 1.51 bits per heavy atom. The molecule has 0 aromatic heterocycles. The lowest BCUT2D eigenvalue weighted by Gasteiger charge is -2.27. The molecule has 14 N–H and O–H groups in total. The van der Waals surface area contributed by atoms with Gasteiger partial charge in [-0.15, -0.1) is 0 Å². The summed E-state index contributed by atoms with van der Waals surface area (Å²) in [5, 5.41) is 27.4. The number of nitrogens with two attached hydrogens (primary N) is 3. The van der Waals surface area contributed by atoms with Gasteiger partial charge in [-0.2, -0.15) is 0 Å². The number of rotatable bonds is 45. The minimum atomic E-state index is -1.30. The second-order valence-corrected chi connectivity index (χ2v) is 15.7. The molecule has 0 saturated carbocycles. The number of carboxylic acid groups (broad SMARTS) is 1. The van der Waals surface area contributed by atoms with Gasteiger partial charge in [0.05, 0.1) is 79.3 Å². The number of hydrogen-bond donors (Lipinski definition) is 11. The van der Waals surface area contributed by atoms with Gasteiger partial charge in [0.2, 0.25) is 41.4 Å². The van der Waals surface area contributed by atoms with Gasteiger partial charge in [0.1, 0.15) is 24.2 Å². The number of nitrogens with one attached hydrogen (secondary N) is 7. The monoisotopic (exact) mass is 1020 g/mol. The Morgan fingerprint density at radius 2 is 1.01 bits per heavy atom. The van der Waals surface area contributed by atoms with Crippen LogP contribution in [0.25, 0.3) is 0 Å². The van der Waals surface area contributed by atoms with Crippen molar-refractivity contribution in [2.75, 3.05) is 105 Å². The normalized spacial score (nSPS) is 12.4. The van der Waals surface area contributed by atoms with Crippen molar-refractivity contribution >= 4 is 53.3 Å². The quantitative estimate of drug-likeness (QED) is 0.0217. The molecule has 4 atom stereocenters. The predicted molar refractivity (Wildman–Crippen MR) is 259 cm³/mol. The number of carbonyl (C=O) groups is 8. The van der Waals surface area contributed by atoms with Gasteiger partial charge >= 0.3 is 5.97 Å². The van der Waals surface area contributed by atoms with Gasteiger partial charge < -0.3 is 87.9 Å². The lowest BCUT2D eigenvalue weighted by molar-refractivity contribution is -0.138. The number of ether oxygens (including phenoxy) is 6. The van der Waals surface area contributed by atoms with Gasteiger partial charge in [-0.05, 0) is 51.0 Å². The first-order chi connectivity index (χ1) is 34.0. The van der Waals surface area contributed by atoms with Crippen LogP contribution >= 0.6 is 0 Å². The summed E-state index contributed by atoms with van der Waals surface area (Å²) in [4.78, 5) is 109. The lowest BCUT2D eigenvalue weighted by atomic mass is 10.0. The van der Waals surface area contributed by atoms with Crippen LogP contribution in [0.5, 0.6) is 0 Å². The molecule has 26 nitrogen and oxygen atoms in total. The standard InChI is InChI=1S/C43H78N10O16.C2H6/c1-30(2)39(43(63)52-32(40(46)60)8-6-14-47-35(45)29-54)53-42(62)34(9-10-38(58)59)51-37(57)12-18-65-22-26-69-27-23-66-19-15-48-36(56)11-17-64-21-25-68-28-24-67-20-16-49-41(61)33(50-31(3)55)7-4-5-13-44;1-2/h30,32-34,39,47H,4-28,44-45H2,1-3H3,(H2,46,60)(H,48,56)(H,49,61)(H,50,55)(H,51,57)(H,52,63)(H,53,62)(H,58,59);1-2H3. The summed E-state index contributed by atoms with van der Waals surface area (Å²) in [7, 11) is 0. The molecule has 0 aliphatic heterocycles. The van der Waals surface area contributed by atoms with Gasteiger partial charge in [-0.3, -0.25) is 38.4 Å². The molecule has 0 radical (unpaired) electrons. The van der Waals surface area contributed by atoms with Crippen LogP contribution in [0.4, 0.5) is 0 Å². The summed E-state index contributed by atoms with van der Waals surface area (Å²) in [5.41, 5.74) is 16.3. The molecule has 0 rings (SSSR count). The van der Waals surface area contributed by atoms with E-state index in [4.69, 9.17) is 45.6 Å². The number of amides is 7. The number of carbonyl (C=O) groups excluding carboxylic acids is 8. The van der Waals surface area contributed by atoms with Crippen LogP contribution in [0, 0.1) is 5.92 Å². The van der Waals surface area contributed by atoms with E-state index in [-0.39, 0.29) is 109 Å². The Labute approximate surface area is 417 Å². The molecule has 0 spiro atoms. The molecule has 410 valence electrons. The molecular weight excluding hydrogens is 937 g/mol.